The topological polar surface area (TPSA) is 63.8 Å². The second-order valence-corrected chi connectivity index (χ2v) is 5.51. The first kappa shape index (κ1) is 13.9. The van der Waals surface area contributed by atoms with E-state index in [1.54, 1.807) is 11.3 Å². The van der Waals surface area contributed by atoms with Gasteiger partial charge in [0.05, 0.1) is 17.2 Å². The number of rotatable bonds is 6. The average molecular weight is 300 g/mol. The molecule has 0 saturated carbocycles. The van der Waals surface area contributed by atoms with Crippen molar-refractivity contribution in [2.45, 2.75) is 25.9 Å². The number of aromatic nitrogens is 3. The Kier molecular flexibility index (Phi) is 4.37. The Morgan fingerprint density at radius 3 is 2.90 bits per heavy atom. The van der Waals surface area contributed by atoms with E-state index in [0.717, 1.165) is 5.69 Å². The number of benzene rings is 1. The van der Waals surface area contributed by atoms with Gasteiger partial charge in [0, 0.05) is 18.3 Å². The molecule has 3 aromatic rings. The van der Waals surface area contributed by atoms with E-state index in [0.29, 0.717) is 24.7 Å². The first-order valence-electron chi connectivity index (χ1n) is 6.78. The SMILES string of the molecule is CC(NCc1cscn1)c1nc(Cc2ccccc2)no1. The van der Waals surface area contributed by atoms with Crippen LogP contribution in [-0.4, -0.2) is 15.1 Å². The number of hydrogen-bond donors (Lipinski definition) is 1. The fourth-order valence-corrected chi connectivity index (χ4v) is 2.52. The number of thiazole rings is 1. The molecule has 0 aliphatic rings. The third kappa shape index (κ3) is 3.74. The molecule has 6 heteroatoms. The van der Waals surface area contributed by atoms with Crippen LogP contribution in [0.1, 0.15) is 35.9 Å². The van der Waals surface area contributed by atoms with Gasteiger partial charge in [-0.05, 0) is 12.5 Å². The molecule has 0 saturated heterocycles. The zero-order chi connectivity index (χ0) is 14.5. The highest BCUT2D eigenvalue weighted by Gasteiger charge is 2.14. The highest BCUT2D eigenvalue weighted by atomic mass is 32.1. The molecule has 0 amide bonds. The number of nitrogens with one attached hydrogen (secondary N) is 1. The van der Waals surface area contributed by atoms with Crippen LogP contribution >= 0.6 is 11.3 Å². The molecule has 108 valence electrons. The van der Waals surface area contributed by atoms with Crippen LogP contribution in [0.5, 0.6) is 0 Å². The maximum Gasteiger partial charge on any atom is 0.243 e. The largest absolute Gasteiger partial charge is 0.338 e. The van der Waals surface area contributed by atoms with Gasteiger partial charge in [-0.3, -0.25) is 0 Å². The van der Waals surface area contributed by atoms with Gasteiger partial charge in [-0.25, -0.2) is 4.98 Å². The molecule has 0 aliphatic carbocycles. The maximum absolute atomic E-state index is 5.33. The van der Waals surface area contributed by atoms with Crippen molar-refractivity contribution in [1.82, 2.24) is 20.4 Å². The minimum Gasteiger partial charge on any atom is -0.338 e. The molecule has 0 spiro atoms. The number of nitrogens with zero attached hydrogens (tertiary/aromatic N) is 3. The second-order valence-electron chi connectivity index (χ2n) is 4.79. The lowest BCUT2D eigenvalue weighted by atomic mass is 10.1. The molecule has 1 N–H and O–H groups in total. The first-order chi connectivity index (χ1) is 10.3. The van der Waals surface area contributed by atoms with Gasteiger partial charge >= 0.3 is 0 Å². The number of hydrogen-bond acceptors (Lipinski definition) is 6. The Morgan fingerprint density at radius 2 is 2.14 bits per heavy atom. The molecular formula is C15H16N4OS. The van der Waals surface area contributed by atoms with Crippen LogP contribution in [0.4, 0.5) is 0 Å². The van der Waals surface area contributed by atoms with E-state index in [2.05, 4.69) is 32.6 Å². The van der Waals surface area contributed by atoms with E-state index < -0.39 is 0 Å². The summed E-state index contributed by atoms with van der Waals surface area (Å²) >= 11 is 1.59. The molecular weight excluding hydrogens is 284 g/mol. The van der Waals surface area contributed by atoms with Gasteiger partial charge < -0.3 is 9.84 Å². The van der Waals surface area contributed by atoms with Crippen molar-refractivity contribution in [1.29, 1.82) is 0 Å². The van der Waals surface area contributed by atoms with E-state index >= 15 is 0 Å². The lowest BCUT2D eigenvalue weighted by Gasteiger charge is -2.07. The molecule has 1 atom stereocenters. The van der Waals surface area contributed by atoms with Crippen molar-refractivity contribution in [2.24, 2.45) is 0 Å². The smallest absolute Gasteiger partial charge is 0.243 e. The summed E-state index contributed by atoms with van der Waals surface area (Å²) in [7, 11) is 0. The fourth-order valence-electron chi connectivity index (χ4n) is 1.96. The van der Waals surface area contributed by atoms with Gasteiger partial charge in [-0.2, -0.15) is 4.98 Å². The summed E-state index contributed by atoms with van der Waals surface area (Å²) in [6.45, 7) is 2.70. The van der Waals surface area contributed by atoms with Crippen molar-refractivity contribution >= 4 is 11.3 Å². The molecule has 21 heavy (non-hydrogen) atoms. The van der Waals surface area contributed by atoms with E-state index in [1.165, 1.54) is 5.56 Å². The Balaban J connectivity index is 1.59. The minimum absolute atomic E-state index is 0.00345. The molecule has 0 fully saturated rings. The maximum atomic E-state index is 5.33. The van der Waals surface area contributed by atoms with Gasteiger partial charge in [0.2, 0.25) is 5.89 Å². The lowest BCUT2D eigenvalue weighted by Crippen LogP contribution is -2.18. The van der Waals surface area contributed by atoms with Crippen LogP contribution in [0.15, 0.2) is 45.7 Å². The van der Waals surface area contributed by atoms with Gasteiger partial charge in [0.1, 0.15) is 0 Å². The van der Waals surface area contributed by atoms with Crippen molar-refractivity contribution < 1.29 is 4.52 Å². The summed E-state index contributed by atoms with van der Waals surface area (Å²) in [6, 6.07) is 10.1. The third-order valence-electron chi connectivity index (χ3n) is 3.13. The summed E-state index contributed by atoms with van der Waals surface area (Å²) in [5, 5.41) is 9.39. The summed E-state index contributed by atoms with van der Waals surface area (Å²) in [4.78, 5) is 8.68. The predicted octanol–water partition coefficient (Wildman–Crippen LogP) is 2.97. The van der Waals surface area contributed by atoms with Crippen molar-refractivity contribution in [3.05, 3.63) is 64.2 Å². The summed E-state index contributed by atoms with van der Waals surface area (Å²) in [5.74, 6) is 1.31. The Labute approximate surface area is 127 Å². The van der Waals surface area contributed by atoms with Crippen LogP contribution in [0.2, 0.25) is 0 Å². The molecule has 2 aromatic heterocycles. The highest BCUT2D eigenvalue weighted by Crippen LogP contribution is 2.13. The molecule has 0 bridgehead atoms. The summed E-state index contributed by atoms with van der Waals surface area (Å²) in [5.41, 5.74) is 4.02. The molecule has 0 aliphatic heterocycles. The molecule has 1 unspecified atom stereocenters. The molecule has 1 aromatic carbocycles. The highest BCUT2D eigenvalue weighted by molar-refractivity contribution is 7.07. The van der Waals surface area contributed by atoms with Gasteiger partial charge in [-0.1, -0.05) is 35.5 Å². The van der Waals surface area contributed by atoms with Crippen molar-refractivity contribution in [2.75, 3.05) is 0 Å². The van der Waals surface area contributed by atoms with Crippen LogP contribution in [0.25, 0.3) is 0 Å². The van der Waals surface area contributed by atoms with Crippen LogP contribution in [0.3, 0.4) is 0 Å². The zero-order valence-electron chi connectivity index (χ0n) is 11.7. The van der Waals surface area contributed by atoms with Crippen molar-refractivity contribution in [3.8, 4) is 0 Å². The monoisotopic (exact) mass is 300 g/mol. The predicted molar refractivity (Wildman–Crippen MR) is 80.9 cm³/mol. The quantitative estimate of drug-likeness (QED) is 0.758. The fraction of sp³-hybridized carbons (Fsp3) is 0.267. The van der Waals surface area contributed by atoms with E-state index in [-0.39, 0.29) is 6.04 Å². The van der Waals surface area contributed by atoms with Gasteiger partial charge in [-0.15, -0.1) is 11.3 Å². The minimum atomic E-state index is 0.00345. The Bertz CT molecular complexity index is 666. The van der Waals surface area contributed by atoms with Gasteiger partial charge in [0.15, 0.2) is 5.82 Å². The second kappa shape index (κ2) is 6.60. The Hall–Kier alpha value is -2.05. The van der Waals surface area contributed by atoms with Crippen molar-refractivity contribution in [3.63, 3.8) is 0 Å². The third-order valence-corrected chi connectivity index (χ3v) is 3.77. The van der Waals surface area contributed by atoms with Crippen LogP contribution in [0, 0.1) is 0 Å². The normalized spacial score (nSPS) is 12.4. The molecule has 3 rings (SSSR count). The molecule has 2 heterocycles. The first-order valence-corrected chi connectivity index (χ1v) is 7.72. The molecule has 5 nitrogen and oxygen atoms in total. The van der Waals surface area contributed by atoms with Gasteiger partial charge in [0.25, 0.3) is 0 Å². The molecule has 0 radical (unpaired) electrons. The summed E-state index contributed by atoms with van der Waals surface area (Å²) in [6.07, 6.45) is 0.684. The van der Waals surface area contributed by atoms with E-state index in [4.69, 9.17) is 4.52 Å². The van der Waals surface area contributed by atoms with E-state index in [1.807, 2.05) is 36.0 Å². The van der Waals surface area contributed by atoms with E-state index in [9.17, 15) is 0 Å². The standard InChI is InChI=1S/C15H16N4OS/c1-11(16-8-13-9-21-10-17-13)15-18-14(19-20-15)7-12-5-3-2-4-6-12/h2-6,9-11,16H,7-8H2,1H3. The van der Waals surface area contributed by atoms with Crippen LogP contribution in [-0.2, 0) is 13.0 Å². The zero-order valence-corrected chi connectivity index (χ0v) is 12.5. The lowest BCUT2D eigenvalue weighted by molar-refractivity contribution is 0.335. The summed E-state index contributed by atoms with van der Waals surface area (Å²) < 4.78 is 5.33. The van der Waals surface area contributed by atoms with Crippen LogP contribution < -0.4 is 5.32 Å². The Morgan fingerprint density at radius 1 is 1.29 bits per heavy atom. The average Bonchev–Trinajstić information content (AvgIpc) is 3.17.